The first-order valence-electron chi connectivity index (χ1n) is 8.13. The average molecular weight is 328 g/mol. The zero-order valence-electron chi connectivity index (χ0n) is 14.1. The highest BCUT2D eigenvalue weighted by Crippen LogP contribution is 2.36. The van der Waals surface area contributed by atoms with Crippen molar-refractivity contribution in [3.63, 3.8) is 0 Å². The molecule has 0 unspecified atom stereocenters. The van der Waals surface area contributed by atoms with Gasteiger partial charge in [0.05, 0.1) is 4.99 Å². The predicted octanol–water partition coefficient (Wildman–Crippen LogP) is 3.62. The van der Waals surface area contributed by atoms with Gasteiger partial charge in [-0.05, 0) is 19.8 Å². The van der Waals surface area contributed by atoms with Gasteiger partial charge in [0.1, 0.15) is 5.78 Å². The average Bonchev–Trinajstić information content (AvgIpc) is 2.42. The largest absolute Gasteiger partial charge is 0.363 e. The Morgan fingerprint density at radius 3 is 2.64 bits per heavy atom. The second-order valence-electron chi connectivity index (χ2n) is 6.88. The van der Waals surface area contributed by atoms with Crippen LogP contribution in [0.4, 0.5) is 0 Å². The van der Waals surface area contributed by atoms with E-state index >= 15 is 0 Å². The number of carbonyl (C=O) groups excluding carboxylic acids is 1. The van der Waals surface area contributed by atoms with Gasteiger partial charge in [0.25, 0.3) is 0 Å². The van der Waals surface area contributed by atoms with Crippen molar-refractivity contribution >= 4 is 23.0 Å². The van der Waals surface area contributed by atoms with Crippen molar-refractivity contribution in [2.24, 2.45) is 5.92 Å². The Balaban J connectivity index is 2.87. The van der Waals surface area contributed by atoms with Gasteiger partial charge in [-0.2, -0.15) is 0 Å². The molecule has 1 aliphatic heterocycles. The lowest BCUT2D eigenvalue weighted by atomic mass is 9.77. The van der Waals surface area contributed by atoms with E-state index < -0.39 is 5.54 Å². The molecule has 0 bridgehead atoms. The molecule has 0 spiro atoms. The second kappa shape index (κ2) is 7.99. The van der Waals surface area contributed by atoms with Gasteiger partial charge in [-0.25, -0.2) is 0 Å². The van der Waals surface area contributed by atoms with E-state index in [4.69, 9.17) is 12.2 Å². The highest BCUT2D eigenvalue weighted by atomic mass is 32.1. The number of ketones is 1. The number of hydrogen-bond acceptors (Lipinski definition) is 4. The van der Waals surface area contributed by atoms with Crippen LogP contribution in [0.5, 0.6) is 0 Å². The summed E-state index contributed by atoms with van der Waals surface area (Å²) in [6.07, 6.45) is 5.00. The fourth-order valence-corrected chi connectivity index (χ4v) is 3.50. The topological polar surface area (TPSA) is 63.5 Å². The minimum atomic E-state index is -0.957. The maximum absolute atomic E-state index is 11.3. The van der Waals surface area contributed by atoms with Gasteiger partial charge in [-0.1, -0.05) is 32.0 Å². The first kappa shape index (κ1) is 19.0. The Hall–Kier alpha value is -1.04. The molecule has 0 radical (unpaired) electrons. The third-order valence-corrected chi connectivity index (χ3v) is 5.21. The number of rotatable bonds is 8. The molecular weight excluding hydrogens is 300 g/mol. The fraction of sp³-hybridized carbons (Fsp3) is 0.875. The van der Waals surface area contributed by atoms with Gasteiger partial charge >= 0.3 is 0 Å². The predicted molar refractivity (Wildman–Crippen MR) is 91.7 cm³/mol. The highest BCUT2D eigenvalue weighted by molar-refractivity contribution is 7.80. The maximum Gasteiger partial charge on any atom is 0.220 e. The molecule has 126 valence electrons. The van der Waals surface area contributed by atoms with Crippen molar-refractivity contribution in [3.05, 3.63) is 10.1 Å². The highest BCUT2D eigenvalue weighted by Gasteiger charge is 2.46. The number of carbonyl (C=O) groups is 1. The molecule has 0 aromatic carbocycles. The molecular formula is C16H28N2O3S. The van der Waals surface area contributed by atoms with Gasteiger partial charge in [-0.3, -0.25) is 14.9 Å². The number of unbranched alkanes of at least 4 members (excludes halogenated alkanes) is 1. The van der Waals surface area contributed by atoms with Crippen molar-refractivity contribution in [3.8, 4) is 0 Å². The van der Waals surface area contributed by atoms with E-state index in [9.17, 15) is 14.9 Å². The number of thiocarbonyl (C=S) groups is 1. The molecule has 2 atom stereocenters. The Bertz CT molecular complexity index is 437. The van der Waals surface area contributed by atoms with Crippen molar-refractivity contribution in [2.45, 2.75) is 77.8 Å². The lowest BCUT2D eigenvalue weighted by Crippen LogP contribution is -2.52. The van der Waals surface area contributed by atoms with E-state index in [0.29, 0.717) is 19.4 Å². The summed E-state index contributed by atoms with van der Waals surface area (Å²) in [5.74, 6) is 0.121. The van der Waals surface area contributed by atoms with Crippen molar-refractivity contribution in [1.82, 2.24) is 4.90 Å². The van der Waals surface area contributed by atoms with Crippen molar-refractivity contribution < 1.29 is 9.72 Å². The molecule has 1 aliphatic rings. The molecule has 1 heterocycles. The van der Waals surface area contributed by atoms with Crippen LogP contribution in [0.15, 0.2) is 0 Å². The number of Topliss-reactive ketones (excluding diaryl/α,β-unsaturated/α-hetero) is 1. The zero-order chi connectivity index (χ0) is 16.9. The maximum atomic E-state index is 11.3. The summed E-state index contributed by atoms with van der Waals surface area (Å²) in [4.78, 5) is 25.4. The molecule has 1 rings (SSSR count). The summed E-state index contributed by atoms with van der Waals surface area (Å²) in [7, 11) is 0. The second-order valence-corrected chi connectivity index (χ2v) is 7.35. The van der Waals surface area contributed by atoms with Gasteiger partial charge in [-0.15, -0.1) is 0 Å². The number of hydrogen-bond donors (Lipinski definition) is 0. The lowest BCUT2D eigenvalue weighted by molar-refractivity contribution is -0.572. The molecule has 0 amide bonds. The van der Waals surface area contributed by atoms with Crippen LogP contribution in [-0.4, -0.2) is 38.7 Å². The Morgan fingerprint density at radius 1 is 1.50 bits per heavy atom. The standard InChI is InChI=1S/C16H28N2O3S/c1-5-6-7-14-10-13(16(3,4)18(20)21)11-15(22)17(14)9-8-12(2)19/h13-14H,5-11H2,1-4H3/t13-,14-/m1/s1. The van der Waals surface area contributed by atoms with Gasteiger partial charge < -0.3 is 4.90 Å². The normalized spacial score (nSPS) is 22.7. The monoisotopic (exact) mass is 328 g/mol. The number of nitro groups is 1. The molecule has 0 saturated carbocycles. The number of nitrogens with zero attached hydrogens (tertiary/aromatic N) is 2. The Kier molecular flexibility index (Phi) is 6.91. The van der Waals surface area contributed by atoms with Crippen LogP contribution >= 0.6 is 12.2 Å². The van der Waals surface area contributed by atoms with E-state index in [1.165, 1.54) is 0 Å². The molecule has 0 aromatic heterocycles. The summed E-state index contributed by atoms with van der Waals surface area (Å²) in [6.45, 7) is 7.77. The Morgan fingerprint density at radius 2 is 2.14 bits per heavy atom. The van der Waals surface area contributed by atoms with Crippen LogP contribution in [0.3, 0.4) is 0 Å². The summed E-state index contributed by atoms with van der Waals surface area (Å²) in [5.41, 5.74) is -0.957. The number of piperidine rings is 1. The Labute approximate surface area is 138 Å². The summed E-state index contributed by atoms with van der Waals surface area (Å²) >= 11 is 5.53. The molecule has 0 aliphatic carbocycles. The third kappa shape index (κ3) is 4.73. The number of likely N-dealkylation sites (tertiary alicyclic amines) is 1. The minimum absolute atomic E-state index is 0.0366. The third-order valence-electron chi connectivity index (χ3n) is 4.80. The molecule has 0 N–H and O–H groups in total. The molecule has 1 fully saturated rings. The van der Waals surface area contributed by atoms with Gasteiger partial charge in [0.15, 0.2) is 0 Å². The SMILES string of the molecule is CCCC[C@@H]1C[C@@H](C(C)(C)[N+](=O)[O-])CC(=S)N1CCC(C)=O. The van der Waals surface area contributed by atoms with E-state index in [2.05, 4.69) is 11.8 Å². The molecule has 0 aromatic rings. The summed E-state index contributed by atoms with van der Waals surface area (Å²) < 4.78 is 0. The first-order valence-corrected chi connectivity index (χ1v) is 8.54. The quantitative estimate of drug-likeness (QED) is 0.387. The minimum Gasteiger partial charge on any atom is -0.363 e. The zero-order valence-corrected chi connectivity index (χ0v) is 14.9. The van der Waals surface area contributed by atoms with Crippen LogP contribution < -0.4 is 0 Å². The van der Waals surface area contributed by atoms with E-state index in [0.717, 1.165) is 30.7 Å². The molecule has 1 saturated heterocycles. The molecule has 22 heavy (non-hydrogen) atoms. The van der Waals surface area contributed by atoms with Crippen LogP contribution in [0.2, 0.25) is 0 Å². The van der Waals surface area contributed by atoms with Crippen LogP contribution in [0.25, 0.3) is 0 Å². The first-order chi connectivity index (χ1) is 10.2. The van der Waals surface area contributed by atoms with E-state index in [-0.39, 0.29) is 22.7 Å². The molecule has 6 heteroatoms. The van der Waals surface area contributed by atoms with Gasteiger partial charge in [0.2, 0.25) is 5.54 Å². The van der Waals surface area contributed by atoms with Crippen LogP contribution in [-0.2, 0) is 4.79 Å². The summed E-state index contributed by atoms with van der Waals surface area (Å²) in [5, 5.41) is 11.3. The molecule has 5 nitrogen and oxygen atoms in total. The van der Waals surface area contributed by atoms with Crippen molar-refractivity contribution in [1.29, 1.82) is 0 Å². The van der Waals surface area contributed by atoms with E-state index in [1.807, 2.05) is 0 Å². The van der Waals surface area contributed by atoms with Crippen molar-refractivity contribution in [2.75, 3.05) is 6.54 Å². The van der Waals surface area contributed by atoms with Crippen LogP contribution in [0.1, 0.15) is 66.2 Å². The lowest BCUT2D eigenvalue weighted by Gasteiger charge is -2.43. The fourth-order valence-electron chi connectivity index (χ4n) is 3.06. The van der Waals surface area contributed by atoms with Crippen LogP contribution in [0, 0.1) is 16.0 Å². The smallest absolute Gasteiger partial charge is 0.220 e. The van der Waals surface area contributed by atoms with Gasteiger partial charge in [0, 0.05) is 50.1 Å². The summed E-state index contributed by atoms with van der Waals surface area (Å²) in [6, 6.07) is 0.227. The van der Waals surface area contributed by atoms with E-state index in [1.54, 1.807) is 20.8 Å².